The van der Waals surface area contributed by atoms with E-state index in [1.165, 1.54) is 16.4 Å². The van der Waals surface area contributed by atoms with Gasteiger partial charge in [0.05, 0.1) is 11.5 Å². The van der Waals surface area contributed by atoms with Crippen LogP contribution in [0.3, 0.4) is 0 Å². The summed E-state index contributed by atoms with van der Waals surface area (Å²) in [4.78, 5) is 24.4. The van der Waals surface area contributed by atoms with Crippen LogP contribution in [0.5, 0.6) is 0 Å². The number of carbonyl (C=O) groups is 2. The Balaban J connectivity index is 1.61. The first kappa shape index (κ1) is 21.3. The number of hydrogen-bond donors (Lipinski definition) is 1. The fourth-order valence-electron chi connectivity index (χ4n) is 2.93. The first-order valence-corrected chi connectivity index (χ1v) is 11.1. The minimum atomic E-state index is -3.75. The highest BCUT2D eigenvalue weighted by Gasteiger charge is 2.33. The molecular weight excluding hydrogens is 423 g/mol. The molecule has 0 saturated carbocycles. The average molecular weight is 442 g/mol. The van der Waals surface area contributed by atoms with Crippen molar-refractivity contribution in [3.63, 3.8) is 0 Å². The van der Waals surface area contributed by atoms with Crippen LogP contribution in [-0.2, 0) is 19.6 Å². The molecule has 0 bridgehead atoms. The van der Waals surface area contributed by atoms with Crippen LogP contribution >= 0.6 is 11.5 Å². The molecule has 0 unspecified atom stereocenters. The van der Waals surface area contributed by atoms with Crippen LogP contribution in [0.15, 0.2) is 29.2 Å². The molecular formula is C17H19FN4O5S2. The number of benzene rings is 1. The third kappa shape index (κ3) is 4.77. The number of piperidine rings is 1. The monoisotopic (exact) mass is 442 g/mol. The summed E-state index contributed by atoms with van der Waals surface area (Å²) in [5.41, 5.74) is -0.0541. The Morgan fingerprint density at radius 1 is 1.28 bits per heavy atom. The maximum atomic E-state index is 13.0. The van der Waals surface area contributed by atoms with E-state index < -0.39 is 27.7 Å². The van der Waals surface area contributed by atoms with Gasteiger partial charge in [0.25, 0.3) is 0 Å². The number of hydrogen-bond acceptors (Lipinski definition) is 8. The molecule has 0 atom stereocenters. The number of carbonyl (C=O) groups excluding carboxylic acids is 2. The van der Waals surface area contributed by atoms with Crippen molar-refractivity contribution >= 4 is 38.4 Å². The Labute approximate surface area is 171 Å². The smallest absolute Gasteiger partial charge is 0.362 e. The second-order valence-corrected chi connectivity index (χ2v) is 8.98. The van der Waals surface area contributed by atoms with Crippen molar-refractivity contribution in [3.05, 3.63) is 35.8 Å². The summed E-state index contributed by atoms with van der Waals surface area (Å²) in [5.74, 6) is -1.94. The van der Waals surface area contributed by atoms with Gasteiger partial charge in [-0.25, -0.2) is 17.6 Å². The molecule has 156 valence electrons. The minimum Gasteiger partial charge on any atom is -0.461 e. The van der Waals surface area contributed by atoms with Gasteiger partial charge in [-0.1, -0.05) is 4.49 Å². The normalized spacial score (nSPS) is 15.8. The summed E-state index contributed by atoms with van der Waals surface area (Å²) >= 11 is 0.868. The van der Waals surface area contributed by atoms with Gasteiger partial charge < -0.3 is 10.1 Å². The van der Waals surface area contributed by atoms with Gasteiger partial charge in [-0.2, -0.15) is 4.31 Å². The molecule has 2 heterocycles. The van der Waals surface area contributed by atoms with E-state index in [1.54, 1.807) is 6.92 Å². The molecule has 1 amide bonds. The van der Waals surface area contributed by atoms with Gasteiger partial charge in [-0.05, 0) is 44.0 Å². The molecule has 1 aliphatic heterocycles. The molecule has 0 spiro atoms. The molecule has 29 heavy (non-hydrogen) atoms. The number of aromatic nitrogens is 2. The molecule has 1 aromatic heterocycles. The van der Waals surface area contributed by atoms with Crippen LogP contribution in [-0.4, -0.2) is 53.9 Å². The summed E-state index contributed by atoms with van der Waals surface area (Å²) in [6.07, 6.45) is 0.625. The zero-order valence-corrected chi connectivity index (χ0v) is 17.1. The van der Waals surface area contributed by atoms with E-state index in [9.17, 15) is 22.4 Å². The molecule has 1 fully saturated rings. The molecule has 0 aliphatic carbocycles. The number of halogens is 1. The van der Waals surface area contributed by atoms with Gasteiger partial charge >= 0.3 is 5.97 Å². The van der Waals surface area contributed by atoms with Gasteiger partial charge in [0.1, 0.15) is 5.82 Å². The van der Waals surface area contributed by atoms with Crippen LogP contribution < -0.4 is 5.32 Å². The Bertz CT molecular complexity index is 986. The largest absolute Gasteiger partial charge is 0.461 e. The van der Waals surface area contributed by atoms with E-state index >= 15 is 0 Å². The van der Waals surface area contributed by atoms with E-state index in [4.69, 9.17) is 4.74 Å². The number of ether oxygens (including phenoxy) is 1. The lowest BCUT2D eigenvalue weighted by Gasteiger charge is -2.30. The SMILES string of the molecule is CCOC(=O)c1nnsc1NC(=O)C1CCN(S(=O)(=O)c2ccc(F)cc2)CC1. The Morgan fingerprint density at radius 2 is 1.93 bits per heavy atom. The molecule has 12 heteroatoms. The van der Waals surface area contributed by atoms with Gasteiger partial charge in [0, 0.05) is 30.5 Å². The number of sulfonamides is 1. The molecule has 2 aromatic rings. The van der Waals surface area contributed by atoms with E-state index in [0.29, 0.717) is 12.8 Å². The van der Waals surface area contributed by atoms with Crippen molar-refractivity contribution in [1.29, 1.82) is 0 Å². The van der Waals surface area contributed by atoms with E-state index in [1.807, 2.05) is 0 Å². The van der Waals surface area contributed by atoms with E-state index in [2.05, 4.69) is 14.9 Å². The summed E-state index contributed by atoms with van der Waals surface area (Å²) in [7, 11) is -3.75. The fourth-order valence-corrected chi connectivity index (χ4v) is 4.96. The average Bonchev–Trinajstić information content (AvgIpc) is 3.17. The number of esters is 1. The number of nitrogens with zero attached hydrogens (tertiary/aromatic N) is 3. The minimum absolute atomic E-state index is 0.0108. The molecule has 1 aromatic carbocycles. The molecule has 9 nitrogen and oxygen atoms in total. The number of nitrogens with one attached hydrogen (secondary N) is 1. The van der Waals surface area contributed by atoms with Crippen molar-refractivity contribution in [2.75, 3.05) is 25.0 Å². The Kier molecular flexibility index (Phi) is 6.55. The fraction of sp³-hybridized carbons (Fsp3) is 0.412. The van der Waals surface area contributed by atoms with Crippen LogP contribution in [0.2, 0.25) is 0 Å². The second-order valence-electron chi connectivity index (χ2n) is 6.29. The maximum absolute atomic E-state index is 13.0. The predicted octanol–water partition coefficient (Wildman–Crippen LogP) is 1.89. The van der Waals surface area contributed by atoms with Gasteiger partial charge in [-0.15, -0.1) is 5.10 Å². The van der Waals surface area contributed by atoms with Gasteiger partial charge in [-0.3, -0.25) is 4.79 Å². The number of rotatable bonds is 6. The number of amides is 1. The van der Waals surface area contributed by atoms with E-state index in [-0.39, 0.29) is 41.2 Å². The summed E-state index contributed by atoms with van der Waals surface area (Å²) < 4.78 is 48.2. The van der Waals surface area contributed by atoms with Crippen molar-refractivity contribution in [2.24, 2.45) is 5.92 Å². The lowest BCUT2D eigenvalue weighted by atomic mass is 9.97. The van der Waals surface area contributed by atoms with Gasteiger partial charge in [0.15, 0.2) is 5.00 Å². The summed E-state index contributed by atoms with van der Waals surface area (Å²) in [5, 5.41) is 6.52. The highest BCUT2D eigenvalue weighted by molar-refractivity contribution is 7.89. The Morgan fingerprint density at radius 3 is 2.55 bits per heavy atom. The topological polar surface area (TPSA) is 119 Å². The van der Waals surface area contributed by atoms with Crippen LogP contribution in [0.25, 0.3) is 0 Å². The first-order chi connectivity index (χ1) is 13.8. The third-order valence-corrected chi connectivity index (χ3v) is 7.02. The molecule has 0 radical (unpaired) electrons. The molecule has 1 N–H and O–H groups in total. The highest BCUT2D eigenvalue weighted by Crippen LogP contribution is 2.26. The van der Waals surface area contributed by atoms with Crippen LogP contribution in [0.4, 0.5) is 9.39 Å². The summed E-state index contributed by atoms with van der Waals surface area (Å²) in [6.45, 7) is 2.14. The van der Waals surface area contributed by atoms with Crippen molar-refractivity contribution in [3.8, 4) is 0 Å². The van der Waals surface area contributed by atoms with Crippen LogP contribution in [0, 0.1) is 11.7 Å². The predicted molar refractivity (Wildman–Crippen MR) is 102 cm³/mol. The first-order valence-electron chi connectivity index (χ1n) is 8.89. The lowest BCUT2D eigenvalue weighted by Crippen LogP contribution is -2.41. The molecule has 1 saturated heterocycles. The number of anilines is 1. The van der Waals surface area contributed by atoms with Crippen LogP contribution in [0.1, 0.15) is 30.3 Å². The van der Waals surface area contributed by atoms with E-state index in [0.717, 1.165) is 23.7 Å². The third-order valence-electron chi connectivity index (χ3n) is 4.47. The van der Waals surface area contributed by atoms with Crippen molar-refractivity contribution < 1.29 is 27.1 Å². The molecule has 3 rings (SSSR count). The highest BCUT2D eigenvalue weighted by atomic mass is 32.2. The lowest BCUT2D eigenvalue weighted by molar-refractivity contribution is -0.120. The van der Waals surface area contributed by atoms with Crippen molar-refractivity contribution in [1.82, 2.24) is 13.9 Å². The van der Waals surface area contributed by atoms with Crippen molar-refractivity contribution in [2.45, 2.75) is 24.7 Å². The maximum Gasteiger partial charge on any atom is 0.362 e. The molecule has 1 aliphatic rings. The summed E-state index contributed by atoms with van der Waals surface area (Å²) in [6, 6.07) is 4.63. The van der Waals surface area contributed by atoms with Gasteiger partial charge in [0.2, 0.25) is 21.6 Å². The zero-order valence-electron chi connectivity index (χ0n) is 15.5. The zero-order chi connectivity index (χ0) is 21.0. The standard InChI is InChI=1S/C17H19FN4O5S2/c1-2-27-17(24)14-16(28-21-20-14)19-15(23)11-7-9-22(10-8-11)29(25,26)13-5-3-12(18)4-6-13/h3-6,11H,2,7-10H2,1H3,(H,19,23). The quantitative estimate of drug-likeness (QED) is 0.679. The second kappa shape index (κ2) is 8.93. The Hall–Kier alpha value is -2.44.